The van der Waals surface area contributed by atoms with E-state index in [0.717, 1.165) is 5.75 Å². The number of likely N-dealkylation sites (N-methyl/N-ethyl adjacent to an activating group) is 1. The molecule has 0 aliphatic carbocycles. The smallest absolute Gasteiger partial charge is 0.309 e. The first-order valence-corrected chi connectivity index (χ1v) is 9.50. The van der Waals surface area contributed by atoms with E-state index >= 15 is 0 Å². The molecular weight excluding hydrogens is 393 g/mol. The first-order valence-electron chi connectivity index (χ1n) is 9.50. The maximum atomic E-state index is 13.7. The molecule has 0 aromatic heterocycles. The lowest BCUT2D eigenvalue weighted by Gasteiger charge is -2.17. The first-order chi connectivity index (χ1) is 14.4. The number of hydrogen-bond acceptors (Lipinski definition) is 6. The number of nitrogens with zero attached hydrogens (tertiary/aromatic N) is 1. The molecule has 1 amide bonds. The summed E-state index contributed by atoms with van der Waals surface area (Å²) in [5, 5.41) is 0. The van der Waals surface area contributed by atoms with E-state index in [-0.39, 0.29) is 25.3 Å². The SMILES string of the molecule is CCOc1ccc(OCCC(=O)OCC(=O)N(C)Cc2ccc(OC)c(F)c2)cc1. The molecule has 0 radical (unpaired) electrons. The lowest BCUT2D eigenvalue weighted by molar-refractivity contribution is -0.152. The van der Waals surface area contributed by atoms with Crippen molar-refractivity contribution >= 4 is 11.9 Å². The van der Waals surface area contributed by atoms with Crippen molar-refractivity contribution in [1.29, 1.82) is 0 Å². The Morgan fingerprint density at radius 2 is 1.70 bits per heavy atom. The highest BCUT2D eigenvalue weighted by atomic mass is 19.1. The zero-order chi connectivity index (χ0) is 21.9. The van der Waals surface area contributed by atoms with Gasteiger partial charge in [0.25, 0.3) is 5.91 Å². The Labute approximate surface area is 175 Å². The molecule has 0 aliphatic rings. The van der Waals surface area contributed by atoms with Gasteiger partial charge in [0.2, 0.25) is 0 Å². The van der Waals surface area contributed by atoms with Crippen LogP contribution in [-0.2, 0) is 20.9 Å². The van der Waals surface area contributed by atoms with Crippen molar-refractivity contribution in [1.82, 2.24) is 4.90 Å². The minimum atomic E-state index is -0.543. The normalized spacial score (nSPS) is 10.3. The molecular formula is C22H26FNO6. The molecule has 0 N–H and O–H groups in total. The molecule has 0 bridgehead atoms. The second-order valence-corrected chi connectivity index (χ2v) is 6.38. The number of amides is 1. The monoisotopic (exact) mass is 419 g/mol. The quantitative estimate of drug-likeness (QED) is 0.521. The van der Waals surface area contributed by atoms with Crippen molar-refractivity contribution in [2.24, 2.45) is 0 Å². The molecule has 8 heteroatoms. The Kier molecular flexibility index (Phi) is 8.93. The van der Waals surface area contributed by atoms with Gasteiger partial charge < -0.3 is 23.8 Å². The maximum Gasteiger partial charge on any atom is 0.309 e. The first kappa shape index (κ1) is 23.0. The van der Waals surface area contributed by atoms with E-state index in [1.807, 2.05) is 6.92 Å². The predicted octanol–water partition coefficient (Wildman–Crippen LogP) is 3.20. The van der Waals surface area contributed by atoms with E-state index in [0.29, 0.717) is 17.9 Å². The summed E-state index contributed by atoms with van der Waals surface area (Å²) in [5.41, 5.74) is 0.597. The van der Waals surface area contributed by atoms with Crippen LogP contribution in [0.1, 0.15) is 18.9 Å². The number of halogens is 1. The van der Waals surface area contributed by atoms with Gasteiger partial charge in [-0.25, -0.2) is 4.39 Å². The molecule has 2 aromatic rings. The molecule has 0 unspecified atom stereocenters. The van der Waals surface area contributed by atoms with Crippen molar-refractivity contribution in [3.05, 3.63) is 53.8 Å². The third kappa shape index (κ3) is 7.27. The van der Waals surface area contributed by atoms with Crippen LogP contribution in [-0.4, -0.2) is 50.8 Å². The summed E-state index contributed by atoms with van der Waals surface area (Å²) in [5.74, 6) is 0.0344. The van der Waals surface area contributed by atoms with Gasteiger partial charge in [-0.2, -0.15) is 0 Å². The van der Waals surface area contributed by atoms with Crippen LogP contribution in [0.15, 0.2) is 42.5 Å². The molecule has 162 valence electrons. The Morgan fingerprint density at radius 3 is 2.30 bits per heavy atom. The summed E-state index contributed by atoms with van der Waals surface area (Å²) in [4.78, 5) is 25.3. The molecule has 2 aromatic carbocycles. The number of rotatable bonds is 11. The van der Waals surface area contributed by atoms with E-state index < -0.39 is 24.3 Å². The number of ether oxygens (including phenoxy) is 4. The molecule has 0 heterocycles. The van der Waals surface area contributed by atoms with Crippen molar-refractivity contribution in [2.45, 2.75) is 19.9 Å². The molecule has 0 fully saturated rings. The summed E-state index contributed by atoms with van der Waals surface area (Å²) in [7, 11) is 2.93. The number of methoxy groups -OCH3 is 1. The fourth-order valence-corrected chi connectivity index (χ4v) is 2.55. The molecule has 0 spiro atoms. The maximum absolute atomic E-state index is 13.7. The van der Waals surface area contributed by atoms with E-state index in [1.165, 1.54) is 24.1 Å². The summed E-state index contributed by atoms with van der Waals surface area (Å²) in [6.07, 6.45) is 0.00783. The zero-order valence-electron chi connectivity index (χ0n) is 17.4. The zero-order valence-corrected chi connectivity index (χ0v) is 17.4. The lowest BCUT2D eigenvalue weighted by Crippen LogP contribution is -2.31. The number of carbonyl (C=O) groups excluding carboxylic acids is 2. The molecule has 30 heavy (non-hydrogen) atoms. The predicted molar refractivity (Wildman–Crippen MR) is 108 cm³/mol. The van der Waals surface area contributed by atoms with Crippen LogP contribution in [0, 0.1) is 5.82 Å². The van der Waals surface area contributed by atoms with Crippen LogP contribution < -0.4 is 14.2 Å². The van der Waals surface area contributed by atoms with Crippen molar-refractivity contribution < 1.29 is 32.9 Å². The van der Waals surface area contributed by atoms with Gasteiger partial charge in [0.05, 0.1) is 26.7 Å². The second kappa shape index (κ2) is 11.6. The fourth-order valence-electron chi connectivity index (χ4n) is 2.55. The van der Waals surface area contributed by atoms with Crippen molar-refractivity contribution in [3.63, 3.8) is 0 Å². The van der Waals surface area contributed by atoms with Crippen molar-refractivity contribution in [3.8, 4) is 17.2 Å². The molecule has 2 rings (SSSR count). The van der Waals surface area contributed by atoms with Gasteiger partial charge in [-0.1, -0.05) is 6.07 Å². The van der Waals surface area contributed by atoms with Crippen LogP contribution >= 0.6 is 0 Å². The molecule has 0 saturated heterocycles. The van der Waals surface area contributed by atoms with Gasteiger partial charge in [-0.3, -0.25) is 9.59 Å². The minimum absolute atomic E-state index is 0.00783. The Bertz CT molecular complexity index is 840. The van der Waals surface area contributed by atoms with Gasteiger partial charge in [0, 0.05) is 13.6 Å². The summed E-state index contributed by atoms with van der Waals surface area (Å²) in [6.45, 7) is 2.39. The standard InChI is InChI=1S/C22H26FNO6/c1-4-28-17-6-8-18(9-7-17)29-12-11-22(26)30-15-21(25)24(2)14-16-5-10-20(27-3)19(23)13-16/h5-10,13H,4,11-12,14-15H2,1-3H3. The third-order valence-electron chi connectivity index (χ3n) is 4.13. The largest absolute Gasteiger partial charge is 0.494 e. The Hall–Kier alpha value is -3.29. The van der Waals surface area contributed by atoms with Crippen LogP contribution in [0.5, 0.6) is 17.2 Å². The van der Waals surface area contributed by atoms with E-state index in [4.69, 9.17) is 18.9 Å². The third-order valence-corrected chi connectivity index (χ3v) is 4.13. The van der Waals surface area contributed by atoms with Gasteiger partial charge >= 0.3 is 5.97 Å². The van der Waals surface area contributed by atoms with E-state index in [1.54, 1.807) is 37.4 Å². The van der Waals surface area contributed by atoms with Gasteiger partial charge in [0.1, 0.15) is 11.5 Å². The lowest BCUT2D eigenvalue weighted by atomic mass is 10.2. The molecule has 0 saturated carbocycles. The number of benzene rings is 2. The van der Waals surface area contributed by atoms with Crippen LogP contribution in [0.3, 0.4) is 0 Å². The fraction of sp³-hybridized carbons (Fsp3) is 0.364. The Morgan fingerprint density at radius 1 is 1.03 bits per heavy atom. The highest BCUT2D eigenvalue weighted by Crippen LogP contribution is 2.19. The summed E-state index contributed by atoms with van der Waals surface area (Å²) < 4.78 is 34.4. The van der Waals surface area contributed by atoms with E-state index in [9.17, 15) is 14.0 Å². The average molecular weight is 419 g/mol. The Balaban J connectivity index is 1.69. The minimum Gasteiger partial charge on any atom is -0.494 e. The highest BCUT2D eigenvalue weighted by Gasteiger charge is 2.14. The van der Waals surface area contributed by atoms with Crippen LogP contribution in [0.4, 0.5) is 4.39 Å². The topological polar surface area (TPSA) is 74.3 Å². The van der Waals surface area contributed by atoms with Crippen LogP contribution in [0.2, 0.25) is 0 Å². The van der Waals surface area contributed by atoms with E-state index in [2.05, 4.69) is 0 Å². The number of carbonyl (C=O) groups is 2. The highest BCUT2D eigenvalue weighted by molar-refractivity contribution is 5.80. The number of hydrogen-bond donors (Lipinski definition) is 0. The summed E-state index contributed by atoms with van der Waals surface area (Å²) >= 11 is 0. The van der Waals surface area contributed by atoms with Gasteiger partial charge in [-0.15, -0.1) is 0 Å². The van der Waals surface area contributed by atoms with Crippen LogP contribution in [0.25, 0.3) is 0 Å². The second-order valence-electron chi connectivity index (χ2n) is 6.38. The molecule has 7 nitrogen and oxygen atoms in total. The number of esters is 1. The molecule has 0 atom stereocenters. The summed E-state index contributed by atoms with van der Waals surface area (Å²) in [6, 6.07) is 11.5. The molecule has 0 aliphatic heterocycles. The van der Waals surface area contributed by atoms with Crippen molar-refractivity contribution in [2.75, 3.05) is 34.0 Å². The van der Waals surface area contributed by atoms with Gasteiger partial charge in [0.15, 0.2) is 18.2 Å². The average Bonchev–Trinajstić information content (AvgIpc) is 2.73. The van der Waals surface area contributed by atoms with Gasteiger partial charge in [-0.05, 0) is 48.9 Å².